The molecular formula is C22H20FN3O3S. The van der Waals surface area contributed by atoms with Gasteiger partial charge in [0.05, 0.1) is 34.8 Å². The van der Waals surface area contributed by atoms with Crippen molar-refractivity contribution < 1.29 is 17.5 Å². The molecule has 0 bridgehead atoms. The van der Waals surface area contributed by atoms with Gasteiger partial charge in [-0.3, -0.25) is 4.90 Å². The minimum Gasteiger partial charge on any atom is -0.494 e. The number of sulfone groups is 1. The molecule has 0 amide bonds. The van der Waals surface area contributed by atoms with E-state index < -0.39 is 21.6 Å². The summed E-state index contributed by atoms with van der Waals surface area (Å²) in [4.78, 5) is 1.74. The molecule has 6 nitrogen and oxygen atoms in total. The predicted octanol–water partition coefficient (Wildman–Crippen LogP) is 3.55. The van der Waals surface area contributed by atoms with Gasteiger partial charge in [-0.05, 0) is 48.9 Å². The zero-order valence-corrected chi connectivity index (χ0v) is 17.1. The molecule has 0 radical (unpaired) electrons. The van der Waals surface area contributed by atoms with E-state index in [1.54, 1.807) is 29.2 Å². The van der Waals surface area contributed by atoms with Crippen molar-refractivity contribution in [3.63, 3.8) is 0 Å². The number of nitrogens with two attached hydrogens (primary N) is 1. The summed E-state index contributed by atoms with van der Waals surface area (Å²) in [5.74, 6) is -0.457. The molecule has 0 saturated carbocycles. The number of hydrogen-bond acceptors (Lipinski definition) is 6. The van der Waals surface area contributed by atoms with Crippen molar-refractivity contribution in [2.24, 2.45) is 5.73 Å². The maximum atomic E-state index is 13.4. The third kappa shape index (κ3) is 3.21. The van der Waals surface area contributed by atoms with Crippen molar-refractivity contribution in [1.29, 1.82) is 5.26 Å². The molecule has 0 aliphatic carbocycles. The van der Waals surface area contributed by atoms with Gasteiger partial charge in [-0.1, -0.05) is 12.1 Å². The highest BCUT2D eigenvalue weighted by Crippen LogP contribution is 2.48. The number of nitriles is 1. The molecule has 0 aromatic heterocycles. The molecule has 2 heterocycles. The van der Waals surface area contributed by atoms with Crippen molar-refractivity contribution in [3.05, 3.63) is 81.9 Å². The molecule has 30 heavy (non-hydrogen) atoms. The highest BCUT2D eigenvalue weighted by atomic mass is 32.2. The van der Waals surface area contributed by atoms with Crippen LogP contribution in [-0.2, 0) is 9.84 Å². The Hall–Kier alpha value is -3.31. The van der Waals surface area contributed by atoms with Gasteiger partial charge in [0.2, 0.25) is 0 Å². The summed E-state index contributed by atoms with van der Waals surface area (Å²) < 4.78 is 44.9. The van der Waals surface area contributed by atoms with Gasteiger partial charge in [-0.2, -0.15) is 5.26 Å². The summed E-state index contributed by atoms with van der Waals surface area (Å²) >= 11 is 0. The second-order valence-corrected chi connectivity index (χ2v) is 9.11. The van der Waals surface area contributed by atoms with Gasteiger partial charge in [-0.15, -0.1) is 0 Å². The number of ether oxygens (including phenoxy) is 1. The van der Waals surface area contributed by atoms with Crippen molar-refractivity contribution in [3.8, 4) is 11.8 Å². The molecule has 2 aliphatic rings. The van der Waals surface area contributed by atoms with Gasteiger partial charge < -0.3 is 10.5 Å². The van der Waals surface area contributed by atoms with Crippen molar-refractivity contribution >= 4 is 15.5 Å². The van der Waals surface area contributed by atoms with Crippen molar-refractivity contribution in [1.82, 2.24) is 0 Å². The van der Waals surface area contributed by atoms with Crippen LogP contribution < -0.4 is 15.4 Å². The van der Waals surface area contributed by atoms with Crippen LogP contribution in [0.1, 0.15) is 24.8 Å². The SMILES string of the molecule is CCOc1ccc([C@H]2C(C#N)=C(N)N(c3ccc(F)cc3)C3=C2S(=O)(=O)CC3)cc1. The minimum absolute atomic E-state index is 0.0606. The Labute approximate surface area is 174 Å². The van der Waals surface area contributed by atoms with Crippen LogP contribution in [-0.4, -0.2) is 20.8 Å². The molecule has 2 aliphatic heterocycles. The zero-order valence-electron chi connectivity index (χ0n) is 16.3. The smallest absolute Gasteiger partial charge is 0.177 e. The number of hydrogen-bond donors (Lipinski definition) is 1. The minimum atomic E-state index is -3.59. The van der Waals surface area contributed by atoms with Gasteiger partial charge in [0.15, 0.2) is 9.84 Å². The third-order valence-electron chi connectivity index (χ3n) is 5.29. The largest absolute Gasteiger partial charge is 0.494 e. The van der Waals surface area contributed by atoms with Gasteiger partial charge in [0.1, 0.15) is 17.4 Å². The molecule has 0 saturated heterocycles. The van der Waals surface area contributed by atoms with Crippen LogP contribution in [0.4, 0.5) is 10.1 Å². The van der Waals surface area contributed by atoms with Crippen LogP contribution >= 0.6 is 0 Å². The molecule has 2 N–H and O–H groups in total. The lowest BCUT2D eigenvalue weighted by Crippen LogP contribution is -2.34. The summed E-state index contributed by atoms with van der Waals surface area (Å²) in [5.41, 5.74) is 8.22. The second kappa shape index (κ2) is 7.50. The van der Waals surface area contributed by atoms with Gasteiger partial charge in [0.25, 0.3) is 0 Å². The lowest BCUT2D eigenvalue weighted by atomic mass is 9.87. The first kappa shape index (κ1) is 20.0. The van der Waals surface area contributed by atoms with Gasteiger partial charge in [0, 0.05) is 17.8 Å². The van der Waals surface area contributed by atoms with Crippen LogP contribution in [0.2, 0.25) is 0 Å². The van der Waals surface area contributed by atoms with Gasteiger partial charge in [-0.25, -0.2) is 12.8 Å². The number of benzene rings is 2. The fourth-order valence-corrected chi connectivity index (χ4v) is 5.85. The van der Waals surface area contributed by atoms with Crippen LogP contribution in [0.25, 0.3) is 0 Å². The topological polar surface area (TPSA) is 96.4 Å². The third-order valence-corrected chi connectivity index (χ3v) is 7.18. The number of nitrogens with zero attached hydrogens (tertiary/aromatic N) is 2. The first-order valence-corrected chi connectivity index (χ1v) is 11.2. The molecule has 2 aromatic carbocycles. The molecule has 4 rings (SSSR count). The Bertz CT molecular complexity index is 1190. The normalized spacial score (nSPS) is 20.2. The first-order chi connectivity index (χ1) is 14.4. The molecule has 8 heteroatoms. The van der Waals surface area contributed by atoms with E-state index in [0.717, 1.165) is 0 Å². The van der Waals surface area contributed by atoms with Crippen molar-refractivity contribution in [2.75, 3.05) is 17.3 Å². The Kier molecular flexibility index (Phi) is 5.00. The second-order valence-electron chi connectivity index (χ2n) is 7.04. The number of rotatable bonds is 4. The molecule has 0 spiro atoms. The molecule has 0 unspecified atom stereocenters. The first-order valence-electron chi connectivity index (χ1n) is 9.51. The number of halogens is 1. The Morgan fingerprint density at radius 1 is 1.20 bits per heavy atom. The summed E-state index contributed by atoms with van der Waals surface area (Å²) in [6.45, 7) is 2.38. The van der Waals surface area contributed by atoms with E-state index in [4.69, 9.17) is 10.5 Å². The molecule has 1 atom stereocenters. The number of anilines is 1. The highest BCUT2D eigenvalue weighted by molar-refractivity contribution is 7.95. The van der Waals surface area contributed by atoms with E-state index in [0.29, 0.717) is 29.3 Å². The van der Waals surface area contributed by atoms with E-state index >= 15 is 0 Å². The highest BCUT2D eigenvalue weighted by Gasteiger charge is 2.45. The monoisotopic (exact) mass is 425 g/mol. The Morgan fingerprint density at radius 2 is 1.87 bits per heavy atom. The summed E-state index contributed by atoms with van der Waals surface area (Å²) in [6, 6.07) is 14.7. The summed E-state index contributed by atoms with van der Waals surface area (Å²) in [5, 5.41) is 9.91. The quantitative estimate of drug-likeness (QED) is 0.805. The Morgan fingerprint density at radius 3 is 2.47 bits per heavy atom. The van der Waals surface area contributed by atoms with E-state index in [1.807, 2.05) is 6.92 Å². The van der Waals surface area contributed by atoms with Crippen molar-refractivity contribution in [2.45, 2.75) is 19.3 Å². The average molecular weight is 425 g/mol. The van der Waals surface area contributed by atoms with E-state index in [-0.39, 0.29) is 28.5 Å². The lowest BCUT2D eigenvalue weighted by molar-refractivity contribution is 0.340. The number of allylic oxidation sites excluding steroid dienone is 3. The zero-order chi connectivity index (χ0) is 21.5. The molecule has 154 valence electrons. The maximum absolute atomic E-state index is 13.4. The Balaban J connectivity index is 1.91. The van der Waals surface area contributed by atoms with E-state index in [1.165, 1.54) is 24.3 Å². The maximum Gasteiger partial charge on any atom is 0.177 e. The molecule has 2 aromatic rings. The summed E-state index contributed by atoms with van der Waals surface area (Å²) in [6.07, 6.45) is 0.266. The molecule has 0 fully saturated rings. The molecular weight excluding hydrogens is 405 g/mol. The standard InChI is InChI=1S/C22H20FN3O3S/c1-2-29-17-9-3-14(4-10-17)20-18(13-24)22(25)26(16-7-5-15(23)6-8-16)19-11-12-30(27,28)21(19)20/h3-10,20H,2,11-12,25H2,1H3/t20-/m0/s1. The van der Waals surface area contributed by atoms with Crippen LogP contribution in [0.5, 0.6) is 5.75 Å². The predicted molar refractivity (Wildman–Crippen MR) is 111 cm³/mol. The average Bonchev–Trinajstić information content (AvgIpc) is 3.04. The van der Waals surface area contributed by atoms with Crippen LogP contribution in [0.3, 0.4) is 0 Å². The van der Waals surface area contributed by atoms with E-state index in [9.17, 15) is 18.1 Å². The summed E-state index contributed by atoms with van der Waals surface area (Å²) in [7, 11) is -3.59. The fourth-order valence-electron chi connectivity index (χ4n) is 4.00. The fraction of sp³-hybridized carbons (Fsp3) is 0.227. The lowest BCUT2D eigenvalue weighted by Gasteiger charge is -2.35. The van der Waals surface area contributed by atoms with Crippen LogP contribution in [0, 0.1) is 17.1 Å². The van der Waals surface area contributed by atoms with E-state index in [2.05, 4.69) is 6.07 Å². The van der Waals surface area contributed by atoms with Gasteiger partial charge >= 0.3 is 0 Å². The van der Waals surface area contributed by atoms with Crippen LogP contribution in [0.15, 0.2) is 70.5 Å².